The highest BCUT2D eigenvalue weighted by molar-refractivity contribution is 7.92. The van der Waals surface area contributed by atoms with E-state index in [4.69, 9.17) is 16.3 Å². The van der Waals surface area contributed by atoms with Crippen LogP contribution in [-0.2, 0) is 26.2 Å². The highest BCUT2D eigenvalue weighted by Gasteiger charge is 2.34. The van der Waals surface area contributed by atoms with Gasteiger partial charge in [-0.1, -0.05) is 74.2 Å². The summed E-state index contributed by atoms with van der Waals surface area (Å²) in [6, 6.07) is 20.9. The SMILES string of the molecule is CC[C@@H](C(=O)NC1CCCCC1)N(Cc1ccc(OC)cc1)C(=O)CN(c1cccc(Cl)c1)S(=O)(=O)c1ccccc1. The molecular weight excluding hydrogens is 574 g/mol. The van der Waals surface area contributed by atoms with E-state index in [0.717, 1.165) is 42.0 Å². The standard InChI is InChI=1S/C32H38ClN3O5S/c1-3-30(32(38)34-26-12-6-4-7-13-26)35(22-24-17-19-28(41-2)20-18-24)31(37)23-36(27-14-10-11-25(33)21-27)42(39,40)29-15-8-5-9-16-29/h5,8-11,14-21,26,30H,3-4,6-7,12-13,22-23H2,1-2H3,(H,34,38)/t30-/m0/s1. The second-order valence-corrected chi connectivity index (χ2v) is 12.7. The maximum absolute atomic E-state index is 14.2. The molecule has 0 saturated heterocycles. The number of ether oxygens (including phenoxy) is 1. The lowest BCUT2D eigenvalue weighted by Crippen LogP contribution is -2.54. The van der Waals surface area contributed by atoms with Crippen molar-refractivity contribution < 1.29 is 22.7 Å². The van der Waals surface area contributed by atoms with E-state index in [2.05, 4.69) is 5.32 Å². The highest BCUT2D eigenvalue weighted by Crippen LogP contribution is 2.27. The molecule has 1 aliphatic carbocycles. The zero-order chi connectivity index (χ0) is 30.1. The largest absolute Gasteiger partial charge is 0.497 e. The van der Waals surface area contributed by atoms with E-state index in [1.165, 1.54) is 23.1 Å². The molecule has 0 spiro atoms. The Hall–Kier alpha value is -3.56. The average Bonchev–Trinajstić information content (AvgIpc) is 3.00. The number of carbonyl (C=O) groups excluding carboxylic acids is 2. The molecule has 0 aromatic heterocycles. The van der Waals surface area contributed by atoms with E-state index in [-0.39, 0.29) is 29.1 Å². The van der Waals surface area contributed by atoms with E-state index in [1.54, 1.807) is 55.6 Å². The highest BCUT2D eigenvalue weighted by atomic mass is 35.5. The smallest absolute Gasteiger partial charge is 0.264 e. The number of hydrogen-bond acceptors (Lipinski definition) is 5. The van der Waals surface area contributed by atoms with Crippen LogP contribution in [0.5, 0.6) is 5.75 Å². The molecule has 0 unspecified atom stereocenters. The summed E-state index contributed by atoms with van der Waals surface area (Å²) >= 11 is 6.24. The minimum absolute atomic E-state index is 0.0431. The predicted molar refractivity (Wildman–Crippen MR) is 165 cm³/mol. The Morgan fingerprint density at radius 3 is 2.29 bits per heavy atom. The minimum atomic E-state index is -4.15. The first-order valence-corrected chi connectivity index (χ1v) is 16.1. The van der Waals surface area contributed by atoms with Crippen LogP contribution in [0.15, 0.2) is 83.8 Å². The van der Waals surface area contributed by atoms with Gasteiger partial charge in [0.25, 0.3) is 10.0 Å². The zero-order valence-corrected chi connectivity index (χ0v) is 25.6. The van der Waals surface area contributed by atoms with Gasteiger partial charge in [0.1, 0.15) is 18.3 Å². The summed E-state index contributed by atoms with van der Waals surface area (Å²) in [5.74, 6) is -0.0674. The van der Waals surface area contributed by atoms with Crippen LogP contribution in [0.25, 0.3) is 0 Å². The first-order valence-electron chi connectivity index (χ1n) is 14.3. The lowest BCUT2D eigenvalue weighted by Gasteiger charge is -2.34. The van der Waals surface area contributed by atoms with Crippen LogP contribution in [0.4, 0.5) is 5.69 Å². The van der Waals surface area contributed by atoms with Gasteiger partial charge in [-0.2, -0.15) is 0 Å². The van der Waals surface area contributed by atoms with Crippen LogP contribution in [-0.4, -0.2) is 50.9 Å². The Morgan fingerprint density at radius 2 is 1.67 bits per heavy atom. The van der Waals surface area contributed by atoms with Gasteiger partial charge in [-0.05, 0) is 67.3 Å². The third kappa shape index (κ3) is 7.83. The van der Waals surface area contributed by atoms with Crippen molar-refractivity contribution in [3.05, 3.63) is 89.4 Å². The third-order valence-corrected chi connectivity index (χ3v) is 9.58. The van der Waals surface area contributed by atoms with E-state index >= 15 is 0 Å². The second-order valence-electron chi connectivity index (χ2n) is 10.4. The first-order chi connectivity index (χ1) is 20.2. The van der Waals surface area contributed by atoms with Gasteiger partial charge >= 0.3 is 0 Å². The van der Waals surface area contributed by atoms with E-state index in [1.807, 2.05) is 19.1 Å². The van der Waals surface area contributed by atoms with E-state index in [9.17, 15) is 18.0 Å². The van der Waals surface area contributed by atoms with Crippen molar-refractivity contribution >= 4 is 39.1 Å². The van der Waals surface area contributed by atoms with Crippen molar-refractivity contribution in [3.63, 3.8) is 0 Å². The molecule has 0 heterocycles. The summed E-state index contributed by atoms with van der Waals surface area (Å²) in [4.78, 5) is 29.3. The summed E-state index contributed by atoms with van der Waals surface area (Å²) < 4.78 is 34.1. The number of methoxy groups -OCH3 is 1. The van der Waals surface area contributed by atoms with Gasteiger partial charge in [0.2, 0.25) is 11.8 Å². The zero-order valence-electron chi connectivity index (χ0n) is 24.0. The van der Waals surface area contributed by atoms with Crippen molar-refractivity contribution in [1.82, 2.24) is 10.2 Å². The summed E-state index contributed by atoms with van der Waals surface area (Å²) in [6.07, 6.45) is 5.45. The fourth-order valence-electron chi connectivity index (χ4n) is 5.27. The molecule has 3 aromatic carbocycles. The molecule has 3 aromatic rings. The number of nitrogens with one attached hydrogen (secondary N) is 1. The first kappa shape index (κ1) is 31.4. The second kappa shape index (κ2) is 14.6. The molecule has 1 aliphatic rings. The molecule has 1 N–H and O–H groups in total. The van der Waals surface area contributed by atoms with Crippen molar-refractivity contribution in [2.24, 2.45) is 0 Å². The van der Waals surface area contributed by atoms with Crippen LogP contribution >= 0.6 is 11.6 Å². The average molecular weight is 612 g/mol. The number of halogens is 1. The summed E-state index contributed by atoms with van der Waals surface area (Å²) in [6.45, 7) is 1.46. The monoisotopic (exact) mass is 611 g/mol. The Kier molecular flexibility index (Phi) is 10.9. The number of anilines is 1. The lowest BCUT2D eigenvalue weighted by molar-refractivity contribution is -0.140. The van der Waals surface area contributed by atoms with Gasteiger partial charge in [-0.15, -0.1) is 0 Å². The quantitative estimate of drug-likeness (QED) is 0.279. The van der Waals surface area contributed by atoms with Crippen molar-refractivity contribution in [2.75, 3.05) is 18.0 Å². The number of amides is 2. The maximum Gasteiger partial charge on any atom is 0.264 e. The van der Waals surface area contributed by atoms with Crippen LogP contribution in [0, 0.1) is 0 Å². The molecule has 1 fully saturated rings. The van der Waals surface area contributed by atoms with Gasteiger partial charge < -0.3 is 15.0 Å². The fourth-order valence-corrected chi connectivity index (χ4v) is 6.88. The third-order valence-electron chi connectivity index (χ3n) is 7.56. The van der Waals surface area contributed by atoms with Crippen LogP contribution < -0.4 is 14.4 Å². The van der Waals surface area contributed by atoms with Gasteiger partial charge in [-0.3, -0.25) is 13.9 Å². The van der Waals surface area contributed by atoms with Gasteiger partial charge in [0.05, 0.1) is 17.7 Å². The molecule has 8 nitrogen and oxygen atoms in total. The van der Waals surface area contributed by atoms with Gasteiger partial charge in [0.15, 0.2) is 0 Å². The summed E-state index contributed by atoms with van der Waals surface area (Å²) in [7, 11) is -2.57. The number of benzene rings is 3. The normalized spacial score (nSPS) is 14.5. The predicted octanol–water partition coefficient (Wildman–Crippen LogP) is 5.80. The molecule has 224 valence electrons. The lowest BCUT2D eigenvalue weighted by atomic mass is 9.95. The molecule has 0 aliphatic heterocycles. The molecule has 1 saturated carbocycles. The molecule has 0 bridgehead atoms. The number of carbonyl (C=O) groups is 2. The van der Waals surface area contributed by atoms with Crippen molar-refractivity contribution in [2.45, 2.75) is 69.0 Å². The Balaban J connectivity index is 1.69. The van der Waals surface area contributed by atoms with Crippen molar-refractivity contribution in [3.8, 4) is 5.75 Å². The fraction of sp³-hybridized carbons (Fsp3) is 0.375. The molecule has 42 heavy (non-hydrogen) atoms. The topological polar surface area (TPSA) is 96.0 Å². The maximum atomic E-state index is 14.2. The van der Waals surface area contributed by atoms with Gasteiger partial charge in [0, 0.05) is 17.6 Å². The Labute approximate surface area is 253 Å². The molecule has 1 atom stereocenters. The number of rotatable bonds is 12. The van der Waals surface area contributed by atoms with Crippen LogP contribution in [0.1, 0.15) is 51.0 Å². The van der Waals surface area contributed by atoms with Crippen molar-refractivity contribution in [1.29, 1.82) is 0 Å². The summed E-state index contributed by atoms with van der Waals surface area (Å²) in [5.41, 5.74) is 1.04. The Bertz CT molecular complexity index is 1440. The molecule has 0 radical (unpaired) electrons. The molecule has 4 rings (SSSR count). The summed E-state index contributed by atoms with van der Waals surface area (Å²) in [5, 5.41) is 3.49. The van der Waals surface area contributed by atoms with Crippen LogP contribution in [0.2, 0.25) is 5.02 Å². The van der Waals surface area contributed by atoms with Crippen LogP contribution in [0.3, 0.4) is 0 Å². The van der Waals surface area contributed by atoms with E-state index in [0.29, 0.717) is 17.2 Å². The number of hydrogen-bond donors (Lipinski definition) is 1. The minimum Gasteiger partial charge on any atom is -0.497 e. The number of sulfonamides is 1. The molecule has 10 heteroatoms. The molecule has 2 amide bonds. The molecular formula is C32H38ClN3O5S. The van der Waals surface area contributed by atoms with Gasteiger partial charge in [-0.25, -0.2) is 8.42 Å². The Morgan fingerprint density at radius 1 is 0.976 bits per heavy atom. The number of nitrogens with zero attached hydrogens (tertiary/aromatic N) is 2. The van der Waals surface area contributed by atoms with E-state index < -0.39 is 28.5 Å².